The van der Waals surface area contributed by atoms with E-state index < -0.39 is 27.9 Å². The lowest BCUT2D eigenvalue weighted by atomic mass is 9.99. The summed E-state index contributed by atoms with van der Waals surface area (Å²) >= 11 is 0. The molecule has 2 heterocycles. The van der Waals surface area contributed by atoms with Gasteiger partial charge in [-0.1, -0.05) is 60.7 Å². The number of rotatable bonds is 5. The molecule has 1 aromatic heterocycles. The first-order valence-electron chi connectivity index (χ1n) is 11.3. The average Bonchev–Trinajstić information content (AvgIpc) is 3.41. The van der Waals surface area contributed by atoms with Crippen LogP contribution in [0.5, 0.6) is 0 Å². The van der Waals surface area contributed by atoms with E-state index in [1.54, 1.807) is 30.5 Å². The fraction of sp³-hybridized carbons (Fsp3) is 0.148. The number of sulfonamides is 1. The number of fused-ring (bicyclic) bond motifs is 1. The first kappa shape index (κ1) is 25.0. The van der Waals surface area contributed by atoms with E-state index in [0.29, 0.717) is 29.2 Å². The quantitative estimate of drug-likeness (QED) is 0.424. The number of pyridine rings is 1. The molecule has 0 aliphatic carbocycles. The summed E-state index contributed by atoms with van der Waals surface area (Å²) in [6.07, 6.45) is 4.02. The Labute approximate surface area is 209 Å². The lowest BCUT2D eigenvalue weighted by Crippen LogP contribution is -2.40. The number of nitrogens with two attached hydrogens (primary N) is 1. The fourth-order valence-electron chi connectivity index (χ4n) is 4.29. The van der Waals surface area contributed by atoms with Gasteiger partial charge in [-0.05, 0) is 42.2 Å². The zero-order valence-electron chi connectivity index (χ0n) is 19.3. The summed E-state index contributed by atoms with van der Waals surface area (Å²) in [6.45, 7) is 0.237. The molecular formula is C27H25N3O5S. The standard InChI is InChI=1S/C14H14N2O4S.C13H11NO/c17-14(18)12-4-2-8-16(12)21(19,20)13-5-1-3-10-9-15-7-6-11(10)13;14-13(15)12-9-5-4-8-11(12)10-6-2-1-3-7-10/h1,3,5-7,9,12H,2,4,8H2,(H,17,18);1-9H,(H2,14,15)/t12-;/m1./s1. The second-order valence-electron chi connectivity index (χ2n) is 8.24. The van der Waals surface area contributed by atoms with Crippen molar-refractivity contribution in [3.05, 3.63) is 96.8 Å². The van der Waals surface area contributed by atoms with Crippen molar-refractivity contribution >= 4 is 32.7 Å². The van der Waals surface area contributed by atoms with Crippen molar-refractivity contribution in [3.63, 3.8) is 0 Å². The minimum Gasteiger partial charge on any atom is -0.480 e. The smallest absolute Gasteiger partial charge is 0.322 e. The Morgan fingerprint density at radius 3 is 2.39 bits per heavy atom. The van der Waals surface area contributed by atoms with E-state index in [4.69, 9.17) is 5.73 Å². The number of amides is 1. The van der Waals surface area contributed by atoms with Crippen LogP contribution in [0.4, 0.5) is 0 Å². The van der Waals surface area contributed by atoms with E-state index in [1.165, 1.54) is 12.3 Å². The molecule has 36 heavy (non-hydrogen) atoms. The van der Waals surface area contributed by atoms with E-state index in [1.807, 2.05) is 48.5 Å². The summed E-state index contributed by atoms with van der Waals surface area (Å²) in [4.78, 5) is 26.6. The second-order valence-corrected chi connectivity index (χ2v) is 10.1. The topological polar surface area (TPSA) is 131 Å². The molecule has 9 heteroatoms. The number of hydrogen-bond acceptors (Lipinski definition) is 5. The number of aliphatic carboxylic acids is 1. The third-order valence-electron chi connectivity index (χ3n) is 5.99. The number of aromatic nitrogens is 1. The average molecular weight is 504 g/mol. The number of nitrogens with zero attached hydrogens (tertiary/aromatic N) is 2. The van der Waals surface area contributed by atoms with E-state index in [0.717, 1.165) is 15.4 Å². The Hall–Kier alpha value is -4.08. The molecule has 0 spiro atoms. The van der Waals surface area contributed by atoms with Crippen LogP contribution in [0.1, 0.15) is 23.2 Å². The third kappa shape index (κ3) is 5.12. The van der Waals surface area contributed by atoms with Gasteiger partial charge in [0.05, 0.1) is 4.90 Å². The third-order valence-corrected chi connectivity index (χ3v) is 7.96. The zero-order chi connectivity index (χ0) is 25.7. The van der Waals surface area contributed by atoms with Gasteiger partial charge in [-0.3, -0.25) is 14.6 Å². The van der Waals surface area contributed by atoms with Crippen LogP contribution in [0.15, 0.2) is 96.2 Å². The first-order chi connectivity index (χ1) is 17.3. The molecular weight excluding hydrogens is 478 g/mol. The summed E-state index contributed by atoms with van der Waals surface area (Å²) in [6, 6.07) is 22.7. The molecule has 3 aromatic carbocycles. The van der Waals surface area contributed by atoms with Crippen molar-refractivity contribution in [2.75, 3.05) is 6.54 Å². The van der Waals surface area contributed by atoms with E-state index in [2.05, 4.69) is 4.98 Å². The van der Waals surface area contributed by atoms with Crippen LogP contribution in [0.25, 0.3) is 21.9 Å². The molecule has 0 unspecified atom stereocenters. The van der Waals surface area contributed by atoms with Crippen LogP contribution in [0.3, 0.4) is 0 Å². The van der Waals surface area contributed by atoms with Crippen molar-refractivity contribution < 1.29 is 23.1 Å². The number of carboxylic acids is 1. The maximum absolute atomic E-state index is 12.8. The SMILES string of the molecule is NC(=O)c1ccccc1-c1ccccc1.O=C(O)[C@H]1CCCN1S(=O)(=O)c1cccc2cnccc12. The molecule has 1 fully saturated rings. The molecule has 0 radical (unpaired) electrons. The molecule has 8 nitrogen and oxygen atoms in total. The van der Waals surface area contributed by atoms with Gasteiger partial charge >= 0.3 is 5.97 Å². The first-order valence-corrected chi connectivity index (χ1v) is 12.8. The summed E-state index contributed by atoms with van der Waals surface area (Å²) < 4.78 is 26.7. The minimum atomic E-state index is -3.83. The minimum absolute atomic E-state index is 0.135. The normalized spacial score (nSPS) is 15.7. The summed E-state index contributed by atoms with van der Waals surface area (Å²) in [5, 5.41) is 10.5. The summed E-state index contributed by atoms with van der Waals surface area (Å²) in [5.41, 5.74) is 7.76. The lowest BCUT2D eigenvalue weighted by Gasteiger charge is -2.21. The number of primary amides is 1. The molecule has 184 valence electrons. The van der Waals surface area contributed by atoms with Gasteiger partial charge in [0.15, 0.2) is 0 Å². The van der Waals surface area contributed by atoms with Crippen LogP contribution in [-0.2, 0) is 14.8 Å². The highest BCUT2D eigenvalue weighted by molar-refractivity contribution is 7.89. The molecule has 1 atom stereocenters. The monoisotopic (exact) mass is 503 g/mol. The predicted octanol–water partition coefficient (Wildman–Crippen LogP) is 3.93. The van der Waals surface area contributed by atoms with Crippen molar-refractivity contribution in [3.8, 4) is 11.1 Å². The highest BCUT2D eigenvalue weighted by atomic mass is 32.2. The van der Waals surface area contributed by atoms with Gasteiger partial charge in [0.1, 0.15) is 6.04 Å². The van der Waals surface area contributed by atoms with Crippen LogP contribution < -0.4 is 5.73 Å². The van der Waals surface area contributed by atoms with Crippen molar-refractivity contribution in [2.24, 2.45) is 5.73 Å². The van der Waals surface area contributed by atoms with E-state index in [-0.39, 0.29) is 11.4 Å². The molecule has 4 aromatic rings. The zero-order valence-corrected chi connectivity index (χ0v) is 20.1. The van der Waals surface area contributed by atoms with Gasteiger partial charge in [0, 0.05) is 35.3 Å². The van der Waals surface area contributed by atoms with Crippen molar-refractivity contribution in [2.45, 2.75) is 23.8 Å². The Balaban J connectivity index is 0.000000179. The molecule has 3 N–H and O–H groups in total. The Morgan fingerprint density at radius 1 is 0.944 bits per heavy atom. The number of carbonyl (C=O) groups is 2. The number of carboxylic acid groups (broad SMARTS) is 1. The van der Waals surface area contributed by atoms with Gasteiger partial charge in [0.25, 0.3) is 0 Å². The molecule has 5 rings (SSSR count). The lowest BCUT2D eigenvalue weighted by molar-refractivity contribution is -0.140. The molecule has 1 aliphatic heterocycles. The second kappa shape index (κ2) is 10.7. The van der Waals surface area contributed by atoms with Crippen LogP contribution in [0, 0.1) is 0 Å². The number of benzene rings is 3. The van der Waals surface area contributed by atoms with Gasteiger partial charge in [0.2, 0.25) is 15.9 Å². The molecule has 1 saturated heterocycles. The van der Waals surface area contributed by atoms with Crippen LogP contribution >= 0.6 is 0 Å². The van der Waals surface area contributed by atoms with Crippen molar-refractivity contribution in [1.82, 2.24) is 9.29 Å². The predicted molar refractivity (Wildman–Crippen MR) is 137 cm³/mol. The highest BCUT2D eigenvalue weighted by Crippen LogP contribution is 2.30. The van der Waals surface area contributed by atoms with Gasteiger partial charge < -0.3 is 10.8 Å². The molecule has 1 amide bonds. The van der Waals surface area contributed by atoms with E-state index >= 15 is 0 Å². The number of carbonyl (C=O) groups excluding carboxylic acids is 1. The number of hydrogen-bond donors (Lipinski definition) is 2. The summed E-state index contributed by atoms with van der Waals surface area (Å²) in [7, 11) is -3.83. The molecule has 0 saturated carbocycles. The molecule has 0 bridgehead atoms. The van der Waals surface area contributed by atoms with Gasteiger partial charge in [-0.25, -0.2) is 8.42 Å². The van der Waals surface area contributed by atoms with Gasteiger partial charge in [-0.15, -0.1) is 0 Å². The highest BCUT2D eigenvalue weighted by Gasteiger charge is 2.39. The summed E-state index contributed by atoms with van der Waals surface area (Å²) in [5.74, 6) is -1.49. The Kier molecular flexibility index (Phi) is 7.42. The largest absolute Gasteiger partial charge is 0.480 e. The maximum Gasteiger partial charge on any atom is 0.322 e. The fourth-order valence-corrected chi connectivity index (χ4v) is 6.15. The maximum atomic E-state index is 12.8. The van der Waals surface area contributed by atoms with Crippen LogP contribution in [-0.4, -0.2) is 47.3 Å². The Bertz CT molecular complexity index is 1500. The Morgan fingerprint density at radius 2 is 1.67 bits per heavy atom. The van der Waals surface area contributed by atoms with E-state index in [9.17, 15) is 23.1 Å². The van der Waals surface area contributed by atoms with Crippen LogP contribution in [0.2, 0.25) is 0 Å². The molecule has 1 aliphatic rings. The van der Waals surface area contributed by atoms with Crippen molar-refractivity contribution in [1.29, 1.82) is 0 Å². The van der Waals surface area contributed by atoms with Gasteiger partial charge in [-0.2, -0.15) is 4.31 Å².